The van der Waals surface area contributed by atoms with Gasteiger partial charge in [0, 0.05) is 24.3 Å². The van der Waals surface area contributed by atoms with Crippen LogP contribution in [0.2, 0.25) is 0 Å². The van der Waals surface area contributed by atoms with Gasteiger partial charge >= 0.3 is 0 Å². The van der Waals surface area contributed by atoms with Crippen molar-refractivity contribution in [3.05, 3.63) is 17.8 Å². The van der Waals surface area contributed by atoms with Gasteiger partial charge in [0.25, 0.3) is 0 Å². The molecule has 2 N–H and O–H groups in total. The number of hydrogen-bond acceptors (Lipinski definition) is 2. The molecule has 0 bridgehead atoms. The molecule has 0 radical (unpaired) electrons. The number of H-pyrrole nitrogens is 1. The topological polar surface area (TPSA) is 31.1 Å². The van der Waals surface area contributed by atoms with Crippen molar-refractivity contribution in [2.24, 2.45) is 5.92 Å². The Morgan fingerprint density at radius 3 is 2.76 bits per heavy atom. The van der Waals surface area contributed by atoms with Gasteiger partial charge in [-0.3, -0.25) is 0 Å². The van der Waals surface area contributed by atoms with Crippen LogP contribution in [0.3, 0.4) is 0 Å². The van der Waals surface area contributed by atoms with E-state index in [0.717, 1.165) is 12.5 Å². The van der Waals surface area contributed by atoms with Gasteiger partial charge in [-0.15, -0.1) is 0 Å². The van der Waals surface area contributed by atoms with Crippen molar-refractivity contribution in [3.63, 3.8) is 0 Å². The molecule has 0 atom stereocenters. The molecule has 2 fully saturated rings. The van der Waals surface area contributed by atoms with Gasteiger partial charge in [0.1, 0.15) is 5.82 Å². The van der Waals surface area contributed by atoms with E-state index in [2.05, 4.69) is 34.5 Å². The van der Waals surface area contributed by atoms with Crippen LogP contribution >= 0.6 is 0 Å². The fourth-order valence-electron chi connectivity index (χ4n) is 3.19. The van der Waals surface area contributed by atoms with Gasteiger partial charge in [-0.2, -0.15) is 0 Å². The molecule has 0 aliphatic heterocycles. The Balaban J connectivity index is 1.33. The average molecular weight is 289 g/mol. The lowest BCUT2D eigenvalue weighted by molar-refractivity contribution is 0.316. The molecule has 1 aromatic heterocycles. The second-order valence-corrected chi connectivity index (χ2v) is 7.18. The first kappa shape index (κ1) is 15.0. The third kappa shape index (κ3) is 4.77. The maximum atomic E-state index is 3.65. The van der Waals surface area contributed by atoms with Gasteiger partial charge in [-0.25, -0.2) is 0 Å². The van der Waals surface area contributed by atoms with E-state index in [1.807, 2.05) is 0 Å². The quantitative estimate of drug-likeness (QED) is 0.626. The molecule has 3 heteroatoms. The van der Waals surface area contributed by atoms with Crippen molar-refractivity contribution in [3.8, 4) is 0 Å². The third-order valence-corrected chi connectivity index (χ3v) is 5.08. The zero-order valence-electron chi connectivity index (χ0n) is 13.5. The summed E-state index contributed by atoms with van der Waals surface area (Å²) in [4.78, 5) is 5.83. The fourth-order valence-corrected chi connectivity index (χ4v) is 3.19. The molecule has 0 spiro atoms. The van der Waals surface area contributed by atoms with Gasteiger partial charge in [-0.05, 0) is 51.3 Å². The molecule has 1 heterocycles. The smallest absolute Gasteiger partial charge is 0.108 e. The van der Waals surface area contributed by atoms with Crippen LogP contribution in [0, 0.1) is 5.92 Å². The summed E-state index contributed by atoms with van der Waals surface area (Å²) in [6.45, 7) is 2.28. The summed E-state index contributed by atoms with van der Waals surface area (Å²) in [5.74, 6) is 2.35. The molecule has 0 amide bonds. The summed E-state index contributed by atoms with van der Waals surface area (Å²) in [7, 11) is 2.25. The van der Waals surface area contributed by atoms with E-state index >= 15 is 0 Å². The van der Waals surface area contributed by atoms with Crippen LogP contribution in [0.5, 0.6) is 0 Å². The minimum Gasteiger partial charge on any atom is -0.369 e. The fraction of sp³-hybridized carbons (Fsp3) is 0.778. The van der Waals surface area contributed by atoms with Crippen LogP contribution in [0.25, 0.3) is 0 Å². The summed E-state index contributed by atoms with van der Waals surface area (Å²) in [5, 5.41) is 3.65. The van der Waals surface area contributed by atoms with Gasteiger partial charge in [-0.1, -0.05) is 32.1 Å². The van der Waals surface area contributed by atoms with Crippen LogP contribution in [0.4, 0.5) is 5.82 Å². The second kappa shape index (κ2) is 7.35. The summed E-state index contributed by atoms with van der Waals surface area (Å²) in [6, 6.07) is 2.93. The van der Waals surface area contributed by atoms with Crippen LogP contribution in [-0.4, -0.2) is 29.5 Å². The third-order valence-electron chi connectivity index (χ3n) is 5.08. The first-order valence-corrected chi connectivity index (χ1v) is 8.92. The summed E-state index contributed by atoms with van der Waals surface area (Å²) < 4.78 is 0. The number of hydrogen-bond donors (Lipinski definition) is 2. The van der Waals surface area contributed by atoms with E-state index < -0.39 is 0 Å². The highest BCUT2D eigenvalue weighted by Gasteiger charge is 2.20. The van der Waals surface area contributed by atoms with Crippen molar-refractivity contribution >= 4 is 5.82 Å². The Kier molecular flexibility index (Phi) is 5.23. The Morgan fingerprint density at radius 1 is 1.19 bits per heavy atom. The van der Waals surface area contributed by atoms with Gasteiger partial charge in [0.15, 0.2) is 0 Å². The molecule has 3 nitrogen and oxygen atoms in total. The predicted molar refractivity (Wildman–Crippen MR) is 89.6 cm³/mol. The van der Waals surface area contributed by atoms with Crippen molar-refractivity contribution < 1.29 is 0 Å². The van der Waals surface area contributed by atoms with E-state index in [0.29, 0.717) is 6.04 Å². The average Bonchev–Trinajstić information content (AvgIpc) is 3.14. The van der Waals surface area contributed by atoms with Crippen LogP contribution in [0.1, 0.15) is 63.4 Å². The molecule has 118 valence electrons. The molecule has 3 rings (SSSR count). The predicted octanol–water partition coefficient (Wildman–Crippen LogP) is 4.38. The first-order valence-electron chi connectivity index (χ1n) is 8.92. The maximum absolute atomic E-state index is 3.65. The number of aromatic amines is 1. The van der Waals surface area contributed by atoms with E-state index in [4.69, 9.17) is 0 Å². The molecular formula is C18H31N3. The molecule has 0 saturated heterocycles. The second-order valence-electron chi connectivity index (χ2n) is 7.18. The van der Waals surface area contributed by atoms with Gasteiger partial charge in [0.05, 0.1) is 0 Å². The van der Waals surface area contributed by atoms with Crippen molar-refractivity contribution in [1.82, 2.24) is 9.88 Å². The number of nitrogens with one attached hydrogen (secondary N) is 2. The zero-order valence-corrected chi connectivity index (χ0v) is 13.5. The molecule has 21 heavy (non-hydrogen) atoms. The molecule has 1 aromatic rings. The van der Waals surface area contributed by atoms with Gasteiger partial charge < -0.3 is 15.2 Å². The van der Waals surface area contributed by atoms with E-state index in [1.165, 1.54) is 75.7 Å². The lowest BCUT2D eigenvalue weighted by Gasteiger charge is -2.28. The SMILES string of the molecule is CN(CCCCCC1CC1)Cc1cc[nH]c1NC1CCC1. The molecule has 0 unspecified atom stereocenters. The standard InChI is InChI=1S/C18H31N3/c1-21(13-4-2-3-6-15-9-10-15)14-16-11-12-19-18(16)20-17-7-5-8-17/h11-12,15,17,19-20H,2-10,13-14H2,1H3. The Hall–Kier alpha value is -0.960. The number of unbranched alkanes of at least 4 members (excludes halogenated alkanes) is 2. The minimum atomic E-state index is 0.704. The lowest BCUT2D eigenvalue weighted by atomic mass is 9.93. The molecule has 2 saturated carbocycles. The normalized spacial score (nSPS) is 19.0. The maximum Gasteiger partial charge on any atom is 0.108 e. The number of anilines is 1. The van der Waals surface area contributed by atoms with Crippen LogP contribution < -0.4 is 5.32 Å². The van der Waals surface area contributed by atoms with E-state index in [-0.39, 0.29) is 0 Å². The Morgan fingerprint density at radius 2 is 2.05 bits per heavy atom. The highest BCUT2D eigenvalue weighted by atomic mass is 15.1. The van der Waals surface area contributed by atoms with Crippen LogP contribution in [0.15, 0.2) is 12.3 Å². The number of nitrogens with zero attached hydrogens (tertiary/aromatic N) is 1. The van der Waals surface area contributed by atoms with E-state index in [9.17, 15) is 0 Å². The highest BCUT2D eigenvalue weighted by molar-refractivity contribution is 5.45. The lowest BCUT2D eigenvalue weighted by Crippen LogP contribution is -2.28. The largest absolute Gasteiger partial charge is 0.369 e. The Bertz CT molecular complexity index is 418. The Labute approximate surface area is 129 Å². The summed E-state index contributed by atoms with van der Waals surface area (Å²) >= 11 is 0. The molecule has 0 aromatic carbocycles. The first-order chi connectivity index (χ1) is 10.3. The molecule has 2 aliphatic rings. The summed E-state index contributed by atoms with van der Waals surface area (Å²) in [6.07, 6.45) is 14.8. The van der Waals surface area contributed by atoms with Crippen molar-refractivity contribution in [2.45, 2.75) is 70.4 Å². The van der Waals surface area contributed by atoms with Crippen molar-refractivity contribution in [1.29, 1.82) is 0 Å². The minimum absolute atomic E-state index is 0.704. The van der Waals surface area contributed by atoms with Crippen molar-refractivity contribution in [2.75, 3.05) is 18.9 Å². The zero-order chi connectivity index (χ0) is 14.5. The highest BCUT2D eigenvalue weighted by Crippen LogP contribution is 2.34. The summed E-state index contributed by atoms with van der Waals surface area (Å²) in [5.41, 5.74) is 1.42. The van der Waals surface area contributed by atoms with E-state index in [1.54, 1.807) is 0 Å². The molecular weight excluding hydrogens is 258 g/mol. The number of aromatic nitrogens is 1. The van der Waals surface area contributed by atoms with Gasteiger partial charge in [0.2, 0.25) is 0 Å². The molecule has 2 aliphatic carbocycles. The monoisotopic (exact) mass is 289 g/mol. The van der Waals surface area contributed by atoms with Crippen LogP contribution in [-0.2, 0) is 6.54 Å². The number of rotatable bonds is 10.